The third-order valence-corrected chi connectivity index (χ3v) is 7.08. The number of phosphoric acid groups is 1. The minimum Gasteiger partial charge on any atom is -0.457 e. The van der Waals surface area contributed by atoms with Gasteiger partial charge in [0.25, 0.3) is 0 Å². The third-order valence-electron chi connectivity index (χ3n) is 5.48. The van der Waals surface area contributed by atoms with Crippen LogP contribution >= 0.6 is 19.2 Å². The first-order valence-corrected chi connectivity index (χ1v) is 12.9. The summed E-state index contributed by atoms with van der Waals surface area (Å²) in [5.74, 6) is 0.331. The third kappa shape index (κ3) is 6.31. The molecule has 0 spiro atoms. The Hall–Kier alpha value is -2.69. The molecule has 1 heterocycles. The average molecular weight is 519 g/mol. The lowest BCUT2D eigenvalue weighted by Crippen LogP contribution is -2.48. The molecule has 0 amide bonds. The van der Waals surface area contributed by atoms with E-state index in [1.54, 1.807) is 36.4 Å². The Kier molecular flexibility index (Phi) is 7.35. The summed E-state index contributed by atoms with van der Waals surface area (Å²) in [6.07, 6.45) is 0.606. The van der Waals surface area contributed by atoms with Crippen LogP contribution < -0.4 is 15.9 Å². The van der Waals surface area contributed by atoms with Crippen LogP contribution in [0.25, 0.3) is 20.2 Å². The highest BCUT2D eigenvalue weighted by molar-refractivity contribution is 7.46. The molecule has 35 heavy (non-hydrogen) atoms. The summed E-state index contributed by atoms with van der Waals surface area (Å²) < 4.78 is 36.1. The van der Waals surface area contributed by atoms with E-state index in [0.717, 1.165) is 15.0 Å². The minimum atomic E-state index is -4.71. The quantitative estimate of drug-likeness (QED) is 0.192. The van der Waals surface area contributed by atoms with Gasteiger partial charge in [0.2, 0.25) is 0 Å². The smallest absolute Gasteiger partial charge is 0.457 e. The normalized spacial score (nSPS) is 13.7. The number of phosphoric ester groups is 1. The largest absolute Gasteiger partial charge is 0.469 e. The SMILES string of the molecule is NC(CO)(CCc1ccc2c(=O)c3cc(Oc4cccc(F)c4)ccc3sc2c1)COP(=O)(O)O. The number of rotatable bonds is 9. The van der Waals surface area contributed by atoms with E-state index >= 15 is 0 Å². The van der Waals surface area contributed by atoms with Crippen molar-refractivity contribution in [3.63, 3.8) is 0 Å². The van der Waals surface area contributed by atoms with Gasteiger partial charge in [-0.3, -0.25) is 9.32 Å². The van der Waals surface area contributed by atoms with Gasteiger partial charge in [0.15, 0.2) is 5.43 Å². The van der Waals surface area contributed by atoms with Gasteiger partial charge in [-0.2, -0.15) is 0 Å². The summed E-state index contributed by atoms with van der Waals surface area (Å²) >= 11 is 1.43. The maximum atomic E-state index is 13.4. The minimum absolute atomic E-state index is 0.163. The molecule has 4 rings (SSSR count). The molecule has 0 bridgehead atoms. The molecule has 0 aliphatic rings. The van der Waals surface area contributed by atoms with Crippen molar-refractivity contribution < 1.29 is 33.1 Å². The number of benzene rings is 3. The summed E-state index contributed by atoms with van der Waals surface area (Å²) in [5, 5.41) is 10.6. The van der Waals surface area contributed by atoms with Crippen LogP contribution in [-0.2, 0) is 15.5 Å². The molecule has 0 fully saturated rings. The molecule has 8 nitrogen and oxygen atoms in total. The molecule has 4 aromatic rings. The number of ether oxygens (including phenoxy) is 1. The molecule has 1 unspecified atom stereocenters. The van der Waals surface area contributed by atoms with Gasteiger partial charge in [0.1, 0.15) is 17.3 Å². The fourth-order valence-corrected chi connectivity index (χ4v) is 5.11. The molecular formula is C24H23FNO7PS. The number of hydrogen-bond acceptors (Lipinski definition) is 7. The Morgan fingerprint density at radius 1 is 1.00 bits per heavy atom. The number of hydrogen-bond donors (Lipinski definition) is 4. The van der Waals surface area contributed by atoms with Crippen LogP contribution in [0.3, 0.4) is 0 Å². The van der Waals surface area contributed by atoms with Crippen LogP contribution in [-0.4, -0.2) is 33.6 Å². The summed E-state index contributed by atoms with van der Waals surface area (Å²) in [7, 11) is -4.71. The number of halogens is 1. The van der Waals surface area contributed by atoms with E-state index in [2.05, 4.69) is 4.52 Å². The van der Waals surface area contributed by atoms with Gasteiger partial charge >= 0.3 is 7.82 Å². The predicted octanol–water partition coefficient (Wildman–Crippen LogP) is 4.08. The van der Waals surface area contributed by atoms with Crippen molar-refractivity contribution in [1.82, 2.24) is 0 Å². The zero-order valence-corrected chi connectivity index (χ0v) is 20.1. The lowest BCUT2D eigenvalue weighted by Gasteiger charge is -2.27. The van der Waals surface area contributed by atoms with Crippen LogP contribution in [0.2, 0.25) is 0 Å². The fourth-order valence-electron chi connectivity index (χ4n) is 3.57. The van der Waals surface area contributed by atoms with Crippen LogP contribution in [0.1, 0.15) is 12.0 Å². The molecule has 3 aromatic carbocycles. The van der Waals surface area contributed by atoms with E-state index in [1.165, 1.54) is 29.5 Å². The van der Waals surface area contributed by atoms with Crippen LogP contribution in [0.5, 0.6) is 11.5 Å². The van der Waals surface area contributed by atoms with Gasteiger partial charge in [-0.1, -0.05) is 12.1 Å². The lowest BCUT2D eigenvalue weighted by atomic mass is 9.94. The number of fused-ring (bicyclic) bond motifs is 2. The molecule has 0 saturated heterocycles. The molecule has 11 heteroatoms. The second-order valence-electron chi connectivity index (χ2n) is 8.26. The molecule has 0 saturated carbocycles. The summed E-state index contributed by atoms with van der Waals surface area (Å²) in [6.45, 7) is -1.02. The Bertz CT molecular complexity index is 1490. The summed E-state index contributed by atoms with van der Waals surface area (Å²) in [4.78, 5) is 30.9. The van der Waals surface area contributed by atoms with E-state index in [1.807, 2.05) is 6.07 Å². The van der Waals surface area contributed by atoms with Crippen LogP contribution in [0.15, 0.2) is 65.5 Å². The first-order chi connectivity index (χ1) is 16.5. The average Bonchev–Trinajstić information content (AvgIpc) is 2.81. The van der Waals surface area contributed by atoms with Crippen molar-refractivity contribution in [2.24, 2.45) is 5.73 Å². The Morgan fingerprint density at radius 3 is 2.49 bits per heavy atom. The van der Waals surface area contributed by atoms with E-state index in [0.29, 0.717) is 28.7 Å². The molecule has 1 aromatic heterocycles. The molecule has 0 aliphatic heterocycles. The van der Waals surface area contributed by atoms with Gasteiger partial charge < -0.3 is 25.4 Å². The van der Waals surface area contributed by atoms with Gasteiger partial charge in [-0.25, -0.2) is 8.96 Å². The van der Waals surface area contributed by atoms with Crippen molar-refractivity contribution in [2.75, 3.05) is 13.2 Å². The molecule has 5 N–H and O–H groups in total. The Balaban J connectivity index is 1.58. The van der Waals surface area contributed by atoms with E-state index < -0.39 is 32.4 Å². The molecule has 0 aliphatic carbocycles. The Morgan fingerprint density at radius 2 is 1.77 bits per heavy atom. The maximum absolute atomic E-state index is 13.4. The van der Waals surface area contributed by atoms with Gasteiger partial charge in [0, 0.05) is 26.2 Å². The highest BCUT2D eigenvalue weighted by Gasteiger charge is 2.28. The van der Waals surface area contributed by atoms with Gasteiger partial charge in [-0.05, 0) is 60.9 Å². The van der Waals surface area contributed by atoms with E-state index in [4.69, 9.17) is 20.3 Å². The van der Waals surface area contributed by atoms with Gasteiger partial charge in [0.05, 0.1) is 18.8 Å². The lowest BCUT2D eigenvalue weighted by molar-refractivity contribution is 0.102. The van der Waals surface area contributed by atoms with E-state index in [-0.39, 0.29) is 11.8 Å². The first-order valence-electron chi connectivity index (χ1n) is 10.6. The van der Waals surface area contributed by atoms with Gasteiger partial charge in [-0.15, -0.1) is 11.3 Å². The first kappa shape index (κ1) is 25.4. The second-order valence-corrected chi connectivity index (χ2v) is 10.6. The van der Waals surface area contributed by atoms with Crippen molar-refractivity contribution in [1.29, 1.82) is 0 Å². The monoisotopic (exact) mass is 519 g/mol. The van der Waals surface area contributed by atoms with Crippen molar-refractivity contribution >= 4 is 39.3 Å². The van der Waals surface area contributed by atoms with Crippen LogP contribution in [0.4, 0.5) is 4.39 Å². The van der Waals surface area contributed by atoms with E-state index in [9.17, 15) is 18.9 Å². The van der Waals surface area contributed by atoms with Crippen molar-refractivity contribution in [2.45, 2.75) is 18.4 Å². The predicted molar refractivity (Wildman–Crippen MR) is 132 cm³/mol. The highest BCUT2D eigenvalue weighted by atomic mass is 32.1. The van der Waals surface area contributed by atoms with Crippen LogP contribution in [0, 0.1) is 5.82 Å². The Labute approximate surface area is 203 Å². The molecule has 184 valence electrons. The zero-order valence-electron chi connectivity index (χ0n) is 18.4. The maximum Gasteiger partial charge on any atom is 0.469 e. The standard InChI is InChI=1S/C24H23FNO7PS/c25-16-2-1-3-17(11-16)33-18-5-7-21-20(12-18)23(28)19-6-4-15(10-22(19)35-21)8-9-24(26,13-27)14-32-34(29,30)31/h1-7,10-12,27H,8-9,13-14,26H2,(H2,29,30,31). The fraction of sp³-hybridized carbons (Fsp3) is 0.208. The second kappa shape index (κ2) is 10.1. The topological polar surface area (TPSA) is 139 Å². The number of aliphatic hydroxyl groups is 1. The summed E-state index contributed by atoms with van der Waals surface area (Å²) in [6, 6.07) is 16.2. The molecule has 0 radical (unpaired) electrons. The summed E-state index contributed by atoms with van der Waals surface area (Å²) in [5.41, 5.74) is 5.40. The van der Waals surface area contributed by atoms with Crippen molar-refractivity contribution in [3.05, 3.63) is 82.3 Å². The zero-order chi connectivity index (χ0) is 25.2. The molecule has 1 atom stereocenters. The van der Waals surface area contributed by atoms with Crippen molar-refractivity contribution in [3.8, 4) is 11.5 Å². The number of aryl methyl sites for hydroxylation is 1. The number of aliphatic hydroxyl groups excluding tert-OH is 1. The molecular weight excluding hydrogens is 496 g/mol. The highest BCUT2D eigenvalue weighted by Crippen LogP contribution is 2.37. The number of nitrogens with two attached hydrogens (primary N) is 1.